The largest absolute Gasteiger partial charge is 0.449 e. The number of benzene rings is 1. The Bertz CT molecular complexity index is 1060. The lowest BCUT2D eigenvalue weighted by atomic mass is 9.93. The highest BCUT2D eigenvalue weighted by Crippen LogP contribution is 2.38. The van der Waals surface area contributed by atoms with Gasteiger partial charge in [-0.3, -0.25) is 10.1 Å². The first-order valence-electron chi connectivity index (χ1n) is 10.4. The van der Waals surface area contributed by atoms with E-state index >= 15 is 0 Å². The van der Waals surface area contributed by atoms with E-state index in [-0.39, 0.29) is 41.2 Å². The van der Waals surface area contributed by atoms with Crippen molar-refractivity contribution in [2.45, 2.75) is 49.1 Å². The minimum absolute atomic E-state index is 0.0592. The standard InChI is InChI=1S/C22H23F3N4O4S/c1-3-4-11-33-20(32)27-17-12-14(9-10-26-17)13-21(2)18(30)29(19(31)28-21)15-5-7-16(8-6-15)34-22(23,24)25/h5-10,12H,3-4,11,13H2,1-2H3,(H,28,31)(H,26,27,32). The van der Waals surface area contributed by atoms with Gasteiger partial charge in [-0.1, -0.05) is 13.3 Å². The second kappa shape index (κ2) is 10.3. The number of pyridine rings is 1. The third-order valence-corrected chi connectivity index (χ3v) is 5.67. The number of urea groups is 1. The molecular formula is C22H23F3N4O4S. The highest BCUT2D eigenvalue weighted by molar-refractivity contribution is 8.00. The number of amides is 4. The van der Waals surface area contributed by atoms with Crippen LogP contribution in [0.1, 0.15) is 32.3 Å². The van der Waals surface area contributed by atoms with Crippen LogP contribution in [0.3, 0.4) is 0 Å². The highest BCUT2D eigenvalue weighted by Gasteiger charge is 2.48. The van der Waals surface area contributed by atoms with Crippen LogP contribution in [0.2, 0.25) is 0 Å². The molecule has 1 unspecified atom stereocenters. The van der Waals surface area contributed by atoms with Gasteiger partial charge in [0.15, 0.2) is 0 Å². The summed E-state index contributed by atoms with van der Waals surface area (Å²) in [7, 11) is 0. The summed E-state index contributed by atoms with van der Waals surface area (Å²) >= 11 is -0.283. The summed E-state index contributed by atoms with van der Waals surface area (Å²) in [4.78, 5) is 42.4. The van der Waals surface area contributed by atoms with E-state index in [4.69, 9.17) is 4.74 Å². The molecule has 0 aliphatic carbocycles. The maximum Gasteiger partial charge on any atom is 0.446 e. The van der Waals surface area contributed by atoms with Gasteiger partial charge < -0.3 is 10.1 Å². The topological polar surface area (TPSA) is 101 Å². The van der Waals surface area contributed by atoms with Gasteiger partial charge in [0.25, 0.3) is 5.91 Å². The maximum atomic E-state index is 13.1. The SMILES string of the molecule is CCCCOC(=O)Nc1cc(CC2(C)NC(=O)N(c3ccc(SC(F)(F)F)cc3)C2=O)ccn1. The van der Waals surface area contributed by atoms with Crippen LogP contribution in [0.5, 0.6) is 0 Å². The van der Waals surface area contributed by atoms with Crippen LogP contribution in [-0.2, 0) is 16.0 Å². The van der Waals surface area contributed by atoms with E-state index in [1.54, 1.807) is 19.1 Å². The Morgan fingerprint density at radius 2 is 1.94 bits per heavy atom. The second-order valence-electron chi connectivity index (χ2n) is 7.79. The van der Waals surface area contributed by atoms with Crippen molar-refractivity contribution in [3.8, 4) is 0 Å². The molecule has 2 heterocycles. The fourth-order valence-corrected chi connectivity index (χ4v) is 3.89. The van der Waals surface area contributed by atoms with Crippen LogP contribution in [0.25, 0.3) is 0 Å². The molecule has 1 aromatic heterocycles. The molecule has 0 spiro atoms. The fourth-order valence-electron chi connectivity index (χ4n) is 3.35. The molecule has 1 fully saturated rings. The van der Waals surface area contributed by atoms with Crippen molar-refractivity contribution < 1.29 is 32.3 Å². The van der Waals surface area contributed by atoms with Crippen LogP contribution in [-0.4, -0.2) is 40.7 Å². The number of hydrogen-bond donors (Lipinski definition) is 2. The molecule has 2 aromatic rings. The number of rotatable bonds is 8. The molecule has 0 radical (unpaired) electrons. The van der Waals surface area contributed by atoms with E-state index < -0.39 is 29.1 Å². The van der Waals surface area contributed by atoms with Crippen molar-refractivity contribution in [3.63, 3.8) is 0 Å². The van der Waals surface area contributed by atoms with Gasteiger partial charge in [-0.2, -0.15) is 13.2 Å². The van der Waals surface area contributed by atoms with Gasteiger partial charge in [-0.05, 0) is 67.1 Å². The summed E-state index contributed by atoms with van der Waals surface area (Å²) in [6.07, 6.45) is 2.52. The van der Waals surface area contributed by atoms with Gasteiger partial charge in [0.1, 0.15) is 11.4 Å². The number of hydrogen-bond acceptors (Lipinski definition) is 6. The fraction of sp³-hybridized carbons (Fsp3) is 0.364. The molecule has 1 atom stereocenters. The Labute approximate surface area is 198 Å². The van der Waals surface area contributed by atoms with Crippen LogP contribution < -0.4 is 15.5 Å². The van der Waals surface area contributed by atoms with Crippen molar-refractivity contribution in [3.05, 3.63) is 48.2 Å². The van der Waals surface area contributed by atoms with Gasteiger partial charge in [0.2, 0.25) is 0 Å². The molecule has 0 bridgehead atoms. The van der Waals surface area contributed by atoms with E-state index in [0.717, 1.165) is 17.7 Å². The number of thioether (sulfide) groups is 1. The Hall–Kier alpha value is -3.28. The number of carbonyl (C=O) groups excluding carboxylic acids is 3. The van der Waals surface area contributed by atoms with E-state index in [2.05, 4.69) is 15.6 Å². The lowest BCUT2D eigenvalue weighted by Crippen LogP contribution is -2.46. The van der Waals surface area contributed by atoms with Gasteiger partial charge in [0.05, 0.1) is 12.3 Å². The van der Waals surface area contributed by atoms with Crippen LogP contribution >= 0.6 is 11.8 Å². The molecule has 0 saturated carbocycles. The number of halogens is 3. The van der Waals surface area contributed by atoms with Crippen molar-refractivity contribution in [2.24, 2.45) is 0 Å². The van der Waals surface area contributed by atoms with Crippen molar-refractivity contribution in [2.75, 3.05) is 16.8 Å². The summed E-state index contributed by atoms with van der Waals surface area (Å²) < 4.78 is 42.7. The summed E-state index contributed by atoms with van der Waals surface area (Å²) in [5.41, 5.74) is -4.97. The van der Waals surface area contributed by atoms with E-state index in [1.807, 2.05) is 6.92 Å². The zero-order chi connectivity index (χ0) is 24.9. The minimum Gasteiger partial charge on any atom is -0.449 e. The number of imide groups is 1. The van der Waals surface area contributed by atoms with Gasteiger partial charge in [-0.25, -0.2) is 19.5 Å². The molecule has 1 aliphatic rings. The lowest BCUT2D eigenvalue weighted by Gasteiger charge is -2.22. The molecule has 34 heavy (non-hydrogen) atoms. The lowest BCUT2D eigenvalue weighted by molar-refractivity contribution is -0.121. The quantitative estimate of drug-likeness (QED) is 0.300. The molecule has 4 amide bonds. The molecule has 182 valence electrons. The van der Waals surface area contributed by atoms with E-state index in [9.17, 15) is 27.6 Å². The maximum absolute atomic E-state index is 13.1. The molecule has 8 nitrogen and oxygen atoms in total. The molecular weight excluding hydrogens is 473 g/mol. The van der Waals surface area contributed by atoms with Crippen LogP contribution in [0, 0.1) is 0 Å². The van der Waals surface area contributed by atoms with Crippen molar-refractivity contribution in [1.82, 2.24) is 10.3 Å². The molecule has 3 rings (SSSR count). The number of alkyl halides is 3. The third kappa shape index (κ3) is 6.40. The molecule has 1 aromatic carbocycles. The first-order chi connectivity index (χ1) is 16.0. The Morgan fingerprint density at radius 1 is 1.24 bits per heavy atom. The minimum atomic E-state index is -4.44. The normalized spacial score (nSPS) is 18.1. The third-order valence-electron chi connectivity index (χ3n) is 4.93. The number of ether oxygens (including phenoxy) is 1. The first kappa shape index (κ1) is 25.3. The predicted molar refractivity (Wildman–Crippen MR) is 121 cm³/mol. The van der Waals surface area contributed by atoms with Gasteiger partial charge >= 0.3 is 17.6 Å². The number of aromatic nitrogens is 1. The van der Waals surface area contributed by atoms with E-state index in [0.29, 0.717) is 5.56 Å². The van der Waals surface area contributed by atoms with E-state index in [1.165, 1.54) is 30.5 Å². The van der Waals surface area contributed by atoms with Crippen molar-refractivity contribution >= 4 is 41.3 Å². The Kier molecular flexibility index (Phi) is 7.70. The summed E-state index contributed by atoms with van der Waals surface area (Å²) in [5, 5.41) is 5.16. The number of anilines is 2. The molecule has 1 saturated heterocycles. The second-order valence-corrected chi connectivity index (χ2v) is 8.92. The molecule has 1 aliphatic heterocycles. The summed E-state index contributed by atoms with van der Waals surface area (Å²) in [6.45, 7) is 3.80. The Balaban J connectivity index is 1.70. The average Bonchev–Trinajstić information content (AvgIpc) is 2.96. The predicted octanol–water partition coefficient (Wildman–Crippen LogP) is 5.10. The number of unbranched alkanes of at least 4 members (excludes halogenated alkanes) is 1. The number of nitrogens with one attached hydrogen (secondary N) is 2. The van der Waals surface area contributed by atoms with Gasteiger partial charge in [-0.15, -0.1) is 0 Å². The monoisotopic (exact) mass is 496 g/mol. The highest BCUT2D eigenvalue weighted by atomic mass is 32.2. The smallest absolute Gasteiger partial charge is 0.446 e. The first-order valence-corrected chi connectivity index (χ1v) is 11.2. The Morgan fingerprint density at radius 3 is 2.59 bits per heavy atom. The summed E-state index contributed by atoms with van der Waals surface area (Å²) in [5.74, 6) is -0.326. The average molecular weight is 497 g/mol. The number of nitrogens with zero attached hydrogens (tertiary/aromatic N) is 2. The molecule has 12 heteroatoms. The summed E-state index contributed by atoms with van der Waals surface area (Å²) in [6, 6.07) is 7.50. The van der Waals surface area contributed by atoms with Crippen LogP contribution in [0.15, 0.2) is 47.5 Å². The van der Waals surface area contributed by atoms with Crippen LogP contribution in [0.4, 0.5) is 34.3 Å². The van der Waals surface area contributed by atoms with Crippen molar-refractivity contribution in [1.29, 1.82) is 0 Å². The van der Waals surface area contributed by atoms with Gasteiger partial charge in [0, 0.05) is 17.5 Å². The number of carbonyl (C=O) groups is 3. The zero-order valence-corrected chi connectivity index (χ0v) is 19.3. The zero-order valence-electron chi connectivity index (χ0n) is 18.4. The molecule has 2 N–H and O–H groups in total.